The normalized spacial score (nSPS) is 13.2. The Hall–Kier alpha value is 0.260. The molecule has 0 spiro atoms. The Morgan fingerprint density at radius 3 is 1.40 bits per heavy atom. The van der Waals surface area contributed by atoms with E-state index in [1.54, 1.807) is 34.9 Å². The van der Waals surface area contributed by atoms with Crippen LogP contribution in [0.25, 0.3) is 0 Å². The van der Waals surface area contributed by atoms with Gasteiger partial charge in [0, 0.05) is 9.49 Å². The van der Waals surface area contributed by atoms with E-state index >= 15 is 0 Å². The average molecular weight is 262 g/mol. The molecule has 5 heteroatoms. The lowest BCUT2D eigenvalue weighted by molar-refractivity contribution is 0.794. The molecule has 0 N–H and O–H groups in total. The molecule has 0 aliphatic heterocycles. The van der Waals surface area contributed by atoms with Gasteiger partial charge in [-0.05, 0) is 0 Å². The highest BCUT2D eigenvalue weighted by Gasteiger charge is 2.19. The van der Waals surface area contributed by atoms with Gasteiger partial charge in [-0.15, -0.1) is 10.2 Å². The van der Waals surface area contributed by atoms with Gasteiger partial charge >= 0.3 is 0 Å². The van der Waals surface area contributed by atoms with E-state index < -0.39 is 0 Å². The summed E-state index contributed by atoms with van der Waals surface area (Å²) in [7, 11) is 0. The molecule has 1 aromatic rings. The molecule has 1 aromatic heterocycles. The van der Waals surface area contributed by atoms with E-state index in [1.165, 1.54) is 0 Å². The first-order chi connectivity index (χ1) is 6.66. The summed E-state index contributed by atoms with van der Waals surface area (Å²) in [6.45, 7) is 13.1. The molecule has 1 heterocycles. The Kier molecular flexibility index (Phi) is 4.12. The standard InChI is InChI=1S/C10H18N2S3/c1-9(2,3)14-7-11-12-8(13-7)15-10(4,5)6/h1-6H3. The van der Waals surface area contributed by atoms with E-state index in [0.29, 0.717) is 0 Å². The zero-order valence-corrected chi connectivity index (χ0v) is 12.6. The molecule has 1 rings (SSSR count). The SMILES string of the molecule is CC(C)(C)Sc1nnc(SC(C)(C)C)s1. The van der Waals surface area contributed by atoms with Crippen molar-refractivity contribution in [1.82, 2.24) is 10.2 Å². The number of aromatic nitrogens is 2. The Morgan fingerprint density at radius 2 is 1.13 bits per heavy atom. The van der Waals surface area contributed by atoms with Crippen molar-refractivity contribution >= 4 is 34.9 Å². The predicted octanol–water partition coefficient (Wildman–Crippen LogP) is 4.32. The van der Waals surface area contributed by atoms with E-state index in [2.05, 4.69) is 51.7 Å². The molecular formula is C10H18N2S3. The Balaban J connectivity index is 2.65. The quantitative estimate of drug-likeness (QED) is 0.741. The molecule has 0 unspecified atom stereocenters. The van der Waals surface area contributed by atoms with Gasteiger partial charge in [-0.2, -0.15) is 0 Å². The van der Waals surface area contributed by atoms with Gasteiger partial charge in [-0.25, -0.2) is 0 Å². The molecular weight excluding hydrogens is 244 g/mol. The van der Waals surface area contributed by atoms with Crippen molar-refractivity contribution < 1.29 is 0 Å². The minimum absolute atomic E-state index is 0.212. The predicted molar refractivity (Wildman–Crippen MR) is 71.1 cm³/mol. The minimum atomic E-state index is 0.212. The largest absolute Gasteiger partial charge is 0.175 e. The number of hydrogen-bond acceptors (Lipinski definition) is 5. The summed E-state index contributed by atoms with van der Waals surface area (Å²) >= 11 is 5.25. The number of rotatable bonds is 2. The van der Waals surface area contributed by atoms with Crippen molar-refractivity contribution in [2.75, 3.05) is 0 Å². The van der Waals surface area contributed by atoms with Gasteiger partial charge in [0.15, 0.2) is 8.68 Å². The zero-order chi connectivity index (χ0) is 11.7. The summed E-state index contributed by atoms with van der Waals surface area (Å²) < 4.78 is 2.55. The van der Waals surface area contributed by atoms with Gasteiger partial charge in [0.05, 0.1) is 0 Å². The van der Waals surface area contributed by atoms with Crippen LogP contribution in [0.5, 0.6) is 0 Å². The van der Waals surface area contributed by atoms with Crippen molar-refractivity contribution in [1.29, 1.82) is 0 Å². The lowest BCUT2D eigenvalue weighted by atomic mass is 10.3. The highest BCUT2D eigenvalue weighted by molar-refractivity contribution is 8.04. The van der Waals surface area contributed by atoms with E-state index in [4.69, 9.17) is 0 Å². The maximum Gasteiger partial charge on any atom is 0.175 e. The van der Waals surface area contributed by atoms with Crippen LogP contribution in [-0.2, 0) is 0 Å². The summed E-state index contributed by atoms with van der Waals surface area (Å²) in [5.74, 6) is 0. The van der Waals surface area contributed by atoms with Crippen molar-refractivity contribution in [3.8, 4) is 0 Å². The van der Waals surface area contributed by atoms with E-state index in [-0.39, 0.29) is 9.49 Å². The maximum absolute atomic E-state index is 4.20. The topological polar surface area (TPSA) is 25.8 Å². The molecule has 0 radical (unpaired) electrons. The van der Waals surface area contributed by atoms with Crippen LogP contribution in [0, 0.1) is 0 Å². The highest BCUT2D eigenvalue weighted by Crippen LogP contribution is 2.39. The Morgan fingerprint density at radius 1 is 0.800 bits per heavy atom. The lowest BCUT2D eigenvalue weighted by Crippen LogP contribution is -2.06. The van der Waals surface area contributed by atoms with Gasteiger partial charge in [0.2, 0.25) is 0 Å². The van der Waals surface area contributed by atoms with Crippen LogP contribution >= 0.6 is 34.9 Å². The summed E-state index contributed by atoms with van der Waals surface area (Å²) in [5.41, 5.74) is 0. The highest BCUT2D eigenvalue weighted by atomic mass is 32.2. The molecule has 0 aliphatic rings. The molecule has 0 fully saturated rings. The van der Waals surface area contributed by atoms with Crippen molar-refractivity contribution in [2.24, 2.45) is 0 Å². The second kappa shape index (κ2) is 4.63. The van der Waals surface area contributed by atoms with Gasteiger partial charge in [0.25, 0.3) is 0 Å². The molecule has 0 aliphatic carbocycles. The van der Waals surface area contributed by atoms with Crippen LogP contribution in [0.2, 0.25) is 0 Å². The molecule has 0 atom stereocenters. The fourth-order valence-electron chi connectivity index (χ4n) is 0.804. The molecule has 0 saturated heterocycles. The first-order valence-electron chi connectivity index (χ1n) is 4.87. The number of thioether (sulfide) groups is 2. The third-order valence-electron chi connectivity index (χ3n) is 1.17. The van der Waals surface area contributed by atoms with Crippen LogP contribution in [0.15, 0.2) is 8.68 Å². The van der Waals surface area contributed by atoms with Crippen molar-refractivity contribution in [2.45, 2.75) is 59.7 Å². The van der Waals surface area contributed by atoms with Gasteiger partial charge in [-0.3, -0.25) is 0 Å². The van der Waals surface area contributed by atoms with Crippen molar-refractivity contribution in [3.05, 3.63) is 0 Å². The van der Waals surface area contributed by atoms with Crippen molar-refractivity contribution in [3.63, 3.8) is 0 Å². The third-order valence-corrected chi connectivity index (χ3v) is 4.42. The fraction of sp³-hybridized carbons (Fsp3) is 0.800. The second-order valence-electron chi connectivity index (χ2n) is 5.26. The molecule has 0 saturated carbocycles. The van der Waals surface area contributed by atoms with Crippen LogP contribution in [0.4, 0.5) is 0 Å². The molecule has 0 bridgehead atoms. The first-order valence-corrected chi connectivity index (χ1v) is 7.32. The number of nitrogens with zero attached hydrogens (tertiary/aromatic N) is 2. The smallest absolute Gasteiger partial charge is 0.131 e. The Bertz CT molecular complexity index is 290. The molecule has 2 nitrogen and oxygen atoms in total. The molecule has 0 amide bonds. The van der Waals surface area contributed by atoms with E-state index in [0.717, 1.165) is 8.68 Å². The lowest BCUT2D eigenvalue weighted by Gasteiger charge is -2.15. The Labute approximate surface area is 105 Å². The summed E-state index contributed by atoms with van der Waals surface area (Å²) in [6, 6.07) is 0. The monoisotopic (exact) mass is 262 g/mol. The molecule has 0 aromatic carbocycles. The zero-order valence-electron chi connectivity index (χ0n) is 10.1. The fourth-order valence-corrected chi connectivity index (χ4v) is 4.79. The average Bonchev–Trinajstić information content (AvgIpc) is 2.28. The summed E-state index contributed by atoms with van der Waals surface area (Å²) in [5, 5.41) is 8.39. The van der Waals surface area contributed by atoms with E-state index in [1.807, 2.05) is 0 Å². The van der Waals surface area contributed by atoms with Crippen LogP contribution in [-0.4, -0.2) is 19.7 Å². The molecule has 86 valence electrons. The summed E-state index contributed by atoms with van der Waals surface area (Å²) in [4.78, 5) is 0. The van der Waals surface area contributed by atoms with Crippen LogP contribution in [0.1, 0.15) is 41.5 Å². The second-order valence-corrected chi connectivity index (χ2v) is 10.4. The van der Waals surface area contributed by atoms with E-state index in [9.17, 15) is 0 Å². The van der Waals surface area contributed by atoms with Crippen LogP contribution < -0.4 is 0 Å². The number of hydrogen-bond donors (Lipinski definition) is 0. The van der Waals surface area contributed by atoms with Gasteiger partial charge in [0.1, 0.15) is 0 Å². The summed E-state index contributed by atoms with van der Waals surface area (Å²) in [6.07, 6.45) is 0. The van der Waals surface area contributed by atoms with Crippen LogP contribution in [0.3, 0.4) is 0 Å². The minimum Gasteiger partial charge on any atom is -0.131 e. The van der Waals surface area contributed by atoms with Gasteiger partial charge < -0.3 is 0 Å². The maximum atomic E-state index is 4.20. The van der Waals surface area contributed by atoms with Gasteiger partial charge in [-0.1, -0.05) is 76.4 Å². The first kappa shape index (κ1) is 13.3. The third kappa shape index (κ3) is 5.78. The molecule has 15 heavy (non-hydrogen) atoms.